The maximum Gasteiger partial charge on any atom is 0.358 e. The minimum absolute atomic E-state index is 0.192. The van der Waals surface area contributed by atoms with Crippen molar-refractivity contribution in [2.24, 2.45) is 7.05 Å². The first-order valence-corrected chi connectivity index (χ1v) is 7.46. The fourth-order valence-corrected chi connectivity index (χ4v) is 2.72. The molecule has 0 spiro atoms. The average Bonchev–Trinajstić information content (AvgIpc) is 2.60. The van der Waals surface area contributed by atoms with E-state index >= 15 is 0 Å². The summed E-state index contributed by atoms with van der Waals surface area (Å²) in [6.07, 6.45) is 0. The third-order valence-corrected chi connectivity index (χ3v) is 3.97. The predicted octanol–water partition coefficient (Wildman–Crippen LogP) is 0.688. The zero-order valence-electron chi connectivity index (χ0n) is 13.1. The van der Waals surface area contributed by atoms with Crippen molar-refractivity contribution in [2.45, 2.75) is 0 Å². The average molecular weight is 331 g/mol. The van der Waals surface area contributed by atoms with E-state index in [4.69, 9.17) is 4.74 Å². The number of aromatic carboxylic acids is 1. The van der Waals surface area contributed by atoms with Crippen LogP contribution in [-0.4, -0.2) is 52.0 Å². The third-order valence-electron chi connectivity index (χ3n) is 3.97. The zero-order chi connectivity index (χ0) is 17.3. The van der Waals surface area contributed by atoms with Gasteiger partial charge in [0.2, 0.25) is 5.75 Å². The Kier molecular flexibility index (Phi) is 4.22. The number of hydrogen-bond donors (Lipinski definition) is 2. The van der Waals surface area contributed by atoms with Crippen LogP contribution >= 0.6 is 0 Å². The molecule has 1 aromatic carbocycles. The minimum Gasteiger partial charge on any atom is -0.501 e. The summed E-state index contributed by atoms with van der Waals surface area (Å²) >= 11 is 0. The molecule has 1 aliphatic heterocycles. The van der Waals surface area contributed by atoms with Crippen molar-refractivity contribution >= 4 is 11.7 Å². The van der Waals surface area contributed by atoms with Crippen LogP contribution in [0, 0.1) is 0 Å². The lowest BCUT2D eigenvalue weighted by molar-refractivity contribution is 0.0686. The van der Waals surface area contributed by atoms with Crippen molar-refractivity contribution < 1.29 is 19.7 Å². The summed E-state index contributed by atoms with van der Waals surface area (Å²) in [6.45, 7) is 2.57. The number of ether oxygens (including phenoxy) is 1. The molecule has 1 aliphatic rings. The molecule has 0 unspecified atom stereocenters. The summed E-state index contributed by atoms with van der Waals surface area (Å²) in [5.74, 6) is -2.12. The lowest BCUT2D eigenvalue weighted by atomic mass is 10.1. The van der Waals surface area contributed by atoms with E-state index in [0.717, 1.165) is 10.3 Å². The Bertz CT molecular complexity index is 840. The summed E-state index contributed by atoms with van der Waals surface area (Å²) in [5, 5.41) is 18.9. The molecule has 1 aromatic heterocycles. The molecule has 8 nitrogen and oxygen atoms in total. The van der Waals surface area contributed by atoms with Crippen molar-refractivity contribution in [1.29, 1.82) is 0 Å². The highest BCUT2D eigenvalue weighted by molar-refractivity contribution is 5.89. The van der Waals surface area contributed by atoms with Gasteiger partial charge in [-0.2, -0.15) is 0 Å². The number of aromatic nitrogens is 2. The summed E-state index contributed by atoms with van der Waals surface area (Å²) in [5.41, 5.74) is 0.0193. The van der Waals surface area contributed by atoms with E-state index < -0.39 is 23.0 Å². The van der Waals surface area contributed by atoms with Gasteiger partial charge in [0.25, 0.3) is 5.56 Å². The second kappa shape index (κ2) is 6.32. The van der Waals surface area contributed by atoms with Gasteiger partial charge >= 0.3 is 5.97 Å². The Hall–Kier alpha value is -2.87. The van der Waals surface area contributed by atoms with Crippen LogP contribution < -0.4 is 10.5 Å². The quantitative estimate of drug-likeness (QED) is 0.852. The Labute approximate surface area is 137 Å². The lowest BCUT2D eigenvalue weighted by Gasteiger charge is -2.30. The standard InChI is InChI=1S/C16H17N3O5/c1-18-14(17-12(16(22)23)13(20)15(18)21)10-4-2-3-5-11(10)19-6-8-24-9-7-19/h2-5,20H,6-9H2,1H3,(H,22,23). The van der Waals surface area contributed by atoms with Gasteiger partial charge in [0.15, 0.2) is 5.69 Å². The van der Waals surface area contributed by atoms with Crippen LogP contribution in [0.3, 0.4) is 0 Å². The van der Waals surface area contributed by atoms with E-state index in [-0.39, 0.29) is 5.82 Å². The molecule has 24 heavy (non-hydrogen) atoms. The molecule has 2 heterocycles. The van der Waals surface area contributed by atoms with Crippen LogP contribution in [0.1, 0.15) is 10.5 Å². The Morgan fingerprint density at radius 2 is 1.92 bits per heavy atom. The highest BCUT2D eigenvalue weighted by Gasteiger charge is 2.23. The molecule has 0 atom stereocenters. The number of rotatable bonds is 3. The number of hydrogen-bond acceptors (Lipinski definition) is 6. The van der Waals surface area contributed by atoms with Crippen molar-refractivity contribution in [3.63, 3.8) is 0 Å². The number of nitrogens with zero attached hydrogens (tertiary/aromatic N) is 3. The number of carboxylic acids is 1. The molecule has 1 saturated heterocycles. The fraction of sp³-hybridized carbons (Fsp3) is 0.312. The maximum atomic E-state index is 12.2. The Morgan fingerprint density at radius 3 is 2.58 bits per heavy atom. The molecule has 0 amide bonds. The first-order chi connectivity index (χ1) is 11.5. The van der Waals surface area contributed by atoms with Gasteiger partial charge in [0.1, 0.15) is 5.82 Å². The van der Waals surface area contributed by atoms with Gasteiger partial charge in [-0.05, 0) is 12.1 Å². The number of benzene rings is 1. The highest BCUT2D eigenvalue weighted by atomic mass is 16.5. The number of carbonyl (C=O) groups is 1. The predicted molar refractivity (Wildman–Crippen MR) is 86.6 cm³/mol. The molecule has 8 heteroatoms. The molecule has 0 radical (unpaired) electrons. The molecule has 2 aromatic rings. The number of para-hydroxylation sites is 1. The molecule has 0 saturated carbocycles. The zero-order valence-corrected chi connectivity index (χ0v) is 13.1. The molecule has 126 valence electrons. The topological polar surface area (TPSA) is 105 Å². The second-order valence-electron chi connectivity index (χ2n) is 5.42. The first kappa shape index (κ1) is 16.0. The van der Waals surface area contributed by atoms with Gasteiger partial charge in [-0.3, -0.25) is 9.36 Å². The molecule has 0 bridgehead atoms. The van der Waals surface area contributed by atoms with Crippen LogP contribution in [0.2, 0.25) is 0 Å². The third kappa shape index (κ3) is 2.71. The van der Waals surface area contributed by atoms with Crippen molar-refractivity contribution in [1.82, 2.24) is 9.55 Å². The molecular weight excluding hydrogens is 314 g/mol. The Morgan fingerprint density at radius 1 is 1.25 bits per heavy atom. The van der Waals surface area contributed by atoms with Crippen LogP contribution in [0.5, 0.6) is 5.75 Å². The highest BCUT2D eigenvalue weighted by Crippen LogP contribution is 2.30. The largest absolute Gasteiger partial charge is 0.501 e. The van der Waals surface area contributed by atoms with Gasteiger partial charge in [-0.15, -0.1) is 0 Å². The van der Waals surface area contributed by atoms with Gasteiger partial charge in [0, 0.05) is 31.4 Å². The molecule has 1 fully saturated rings. The van der Waals surface area contributed by atoms with Crippen molar-refractivity contribution in [3.05, 3.63) is 40.3 Å². The number of aromatic hydroxyl groups is 1. The Balaban J connectivity index is 2.20. The lowest BCUT2D eigenvalue weighted by Crippen LogP contribution is -2.36. The van der Waals surface area contributed by atoms with Crippen LogP contribution in [0.15, 0.2) is 29.1 Å². The second-order valence-corrected chi connectivity index (χ2v) is 5.42. The van der Waals surface area contributed by atoms with Crippen LogP contribution in [0.4, 0.5) is 5.69 Å². The SMILES string of the molecule is Cn1c(-c2ccccc2N2CCOCC2)nc(C(=O)O)c(O)c1=O. The van der Waals surface area contributed by atoms with Gasteiger partial charge < -0.3 is 19.8 Å². The monoisotopic (exact) mass is 331 g/mol. The summed E-state index contributed by atoms with van der Waals surface area (Å²) < 4.78 is 6.51. The van der Waals surface area contributed by atoms with E-state index in [2.05, 4.69) is 9.88 Å². The van der Waals surface area contributed by atoms with Crippen LogP contribution in [-0.2, 0) is 11.8 Å². The number of carboxylic acid groups (broad SMARTS) is 1. The summed E-state index contributed by atoms with van der Waals surface area (Å²) in [7, 11) is 1.45. The normalized spacial score (nSPS) is 14.6. The minimum atomic E-state index is -1.45. The van der Waals surface area contributed by atoms with E-state index in [0.29, 0.717) is 31.9 Å². The van der Waals surface area contributed by atoms with E-state index in [9.17, 15) is 19.8 Å². The number of anilines is 1. The molecular formula is C16H17N3O5. The van der Waals surface area contributed by atoms with E-state index in [1.54, 1.807) is 12.1 Å². The molecule has 3 rings (SSSR count). The maximum absolute atomic E-state index is 12.2. The smallest absolute Gasteiger partial charge is 0.358 e. The fourth-order valence-electron chi connectivity index (χ4n) is 2.72. The number of morpholine rings is 1. The summed E-state index contributed by atoms with van der Waals surface area (Å²) in [4.78, 5) is 29.5. The van der Waals surface area contributed by atoms with Crippen molar-refractivity contribution in [3.8, 4) is 17.1 Å². The van der Waals surface area contributed by atoms with Gasteiger partial charge in [-0.1, -0.05) is 12.1 Å². The molecule has 2 N–H and O–H groups in total. The first-order valence-electron chi connectivity index (χ1n) is 7.46. The van der Waals surface area contributed by atoms with Crippen LogP contribution in [0.25, 0.3) is 11.4 Å². The van der Waals surface area contributed by atoms with E-state index in [1.165, 1.54) is 7.05 Å². The van der Waals surface area contributed by atoms with Crippen molar-refractivity contribution in [2.75, 3.05) is 31.2 Å². The molecule has 0 aliphatic carbocycles. The summed E-state index contributed by atoms with van der Waals surface area (Å²) in [6, 6.07) is 7.32. The van der Waals surface area contributed by atoms with E-state index in [1.807, 2.05) is 12.1 Å². The van der Waals surface area contributed by atoms with Gasteiger partial charge in [-0.25, -0.2) is 9.78 Å². The van der Waals surface area contributed by atoms with Gasteiger partial charge in [0.05, 0.1) is 13.2 Å².